The third-order valence-corrected chi connectivity index (χ3v) is 3.84. The Labute approximate surface area is 145 Å². The molecule has 0 aliphatic carbocycles. The number of nitrogens with zero attached hydrogens (tertiary/aromatic N) is 3. The monoisotopic (exact) mass is 331 g/mol. The number of aryl methyl sites for hydroxylation is 1. The highest BCUT2D eigenvalue weighted by Crippen LogP contribution is 2.28. The van der Waals surface area contributed by atoms with Crippen LogP contribution in [-0.2, 0) is 6.54 Å². The van der Waals surface area contributed by atoms with Crippen molar-refractivity contribution in [1.82, 2.24) is 14.5 Å². The Balaban J connectivity index is 1.58. The maximum atomic E-state index is 5.88. The number of rotatable bonds is 5. The van der Waals surface area contributed by atoms with Gasteiger partial charge < -0.3 is 13.7 Å². The molecule has 0 aliphatic rings. The van der Waals surface area contributed by atoms with Gasteiger partial charge in [0.1, 0.15) is 23.0 Å². The molecule has 0 spiro atoms. The molecule has 5 heteroatoms. The van der Waals surface area contributed by atoms with Crippen LogP contribution in [0.3, 0.4) is 0 Å². The summed E-state index contributed by atoms with van der Waals surface area (Å²) in [6.07, 6.45) is 5.42. The van der Waals surface area contributed by atoms with E-state index in [-0.39, 0.29) is 0 Å². The molecule has 0 aliphatic heterocycles. The zero-order chi connectivity index (χ0) is 17.1. The Hall–Kier alpha value is -3.34. The molecule has 0 amide bonds. The third-order valence-electron chi connectivity index (χ3n) is 3.84. The van der Waals surface area contributed by atoms with E-state index in [1.165, 1.54) is 0 Å². The van der Waals surface area contributed by atoms with Crippen LogP contribution in [0, 0.1) is 6.92 Å². The standard InChI is InChI=1S/C20H17N3O2/c1-15-19(13-23-11-10-21-14-23)22-20(24-15)16-6-5-9-18(12-16)25-17-7-3-2-4-8-17/h2-12,14H,13H2,1H3. The van der Waals surface area contributed by atoms with Gasteiger partial charge in [-0.3, -0.25) is 0 Å². The lowest BCUT2D eigenvalue weighted by Gasteiger charge is -2.06. The molecule has 2 aromatic heterocycles. The van der Waals surface area contributed by atoms with Gasteiger partial charge in [0, 0.05) is 18.0 Å². The molecule has 2 heterocycles. The zero-order valence-corrected chi connectivity index (χ0v) is 13.8. The van der Waals surface area contributed by atoms with Gasteiger partial charge in [-0.05, 0) is 37.3 Å². The number of aromatic nitrogens is 3. The summed E-state index contributed by atoms with van der Waals surface area (Å²) in [5.41, 5.74) is 1.77. The van der Waals surface area contributed by atoms with Gasteiger partial charge in [-0.1, -0.05) is 24.3 Å². The first-order valence-electron chi connectivity index (χ1n) is 8.03. The number of hydrogen-bond acceptors (Lipinski definition) is 4. The second-order valence-electron chi connectivity index (χ2n) is 5.70. The molecule has 124 valence electrons. The summed E-state index contributed by atoms with van der Waals surface area (Å²) in [4.78, 5) is 8.68. The fourth-order valence-electron chi connectivity index (χ4n) is 2.57. The van der Waals surface area contributed by atoms with Crippen molar-refractivity contribution in [3.8, 4) is 23.0 Å². The van der Waals surface area contributed by atoms with Crippen LogP contribution in [0.1, 0.15) is 11.5 Å². The van der Waals surface area contributed by atoms with Gasteiger partial charge in [0.2, 0.25) is 5.89 Å². The van der Waals surface area contributed by atoms with Crippen molar-refractivity contribution in [3.63, 3.8) is 0 Å². The first-order valence-corrected chi connectivity index (χ1v) is 8.03. The molecule has 0 fully saturated rings. The zero-order valence-electron chi connectivity index (χ0n) is 13.8. The molecular weight excluding hydrogens is 314 g/mol. The Morgan fingerprint density at radius 3 is 2.68 bits per heavy atom. The van der Waals surface area contributed by atoms with Crippen LogP contribution >= 0.6 is 0 Å². The molecule has 5 nitrogen and oxygen atoms in total. The fraction of sp³-hybridized carbons (Fsp3) is 0.100. The van der Waals surface area contributed by atoms with Crippen molar-refractivity contribution in [3.05, 3.63) is 84.8 Å². The smallest absolute Gasteiger partial charge is 0.226 e. The van der Waals surface area contributed by atoms with E-state index in [0.29, 0.717) is 12.4 Å². The van der Waals surface area contributed by atoms with Gasteiger partial charge >= 0.3 is 0 Å². The number of oxazole rings is 1. The van der Waals surface area contributed by atoms with Crippen molar-refractivity contribution >= 4 is 0 Å². The summed E-state index contributed by atoms with van der Waals surface area (Å²) in [5, 5.41) is 0. The molecule has 4 rings (SSSR count). The summed E-state index contributed by atoms with van der Waals surface area (Å²) in [6.45, 7) is 2.56. The normalized spacial score (nSPS) is 10.8. The highest BCUT2D eigenvalue weighted by atomic mass is 16.5. The number of hydrogen-bond donors (Lipinski definition) is 0. The first-order chi connectivity index (χ1) is 12.3. The van der Waals surface area contributed by atoms with Crippen LogP contribution in [0.4, 0.5) is 0 Å². The molecular formula is C20H17N3O2. The van der Waals surface area contributed by atoms with Gasteiger partial charge in [-0.25, -0.2) is 9.97 Å². The van der Waals surface area contributed by atoms with E-state index in [1.807, 2.05) is 72.3 Å². The second kappa shape index (κ2) is 6.65. The minimum Gasteiger partial charge on any atom is -0.457 e. The van der Waals surface area contributed by atoms with Crippen molar-refractivity contribution in [2.45, 2.75) is 13.5 Å². The van der Waals surface area contributed by atoms with E-state index >= 15 is 0 Å². The second-order valence-corrected chi connectivity index (χ2v) is 5.70. The summed E-state index contributed by atoms with van der Waals surface area (Å²) in [5.74, 6) is 2.93. The van der Waals surface area contributed by atoms with Crippen molar-refractivity contribution in [1.29, 1.82) is 0 Å². The quantitative estimate of drug-likeness (QED) is 0.532. The van der Waals surface area contributed by atoms with Gasteiger partial charge in [0.25, 0.3) is 0 Å². The van der Waals surface area contributed by atoms with E-state index in [1.54, 1.807) is 12.5 Å². The van der Waals surface area contributed by atoms with Crippen LogP contribution in [0.15, 0.2) is 77.7 Å². The first kappa shape index (κ1) is 15.2. The Bertz CT molecular complexity index is 960. The highest BCUT2D eigenvalue weighted by molar-refractivity contribution is 5.57. The van der Waals surface area contributed by atoms with E-state index in [9.17, 15) is 0 Å². The number of benzene rings is 2. The largest absolute Gasteiger partial charge is 0.457 e. The maximum Gasteiger partial charge on any atom is 0.226 e. The Morgan fingerprint density at radius 1 is 1.04 bits per heavy atom. The molecule has 0 bridgehead atoms. The fourth-order valence-corrected chi connectivity index (χ4v) is 2.57. The SMILES string of the molecule is Cc1oc(-c2cccc(Oc3ccccc3)c2)nc1Cn1ccnc1. The summed E-state index contributed by atoms with van der Waals surface area (Å²) in [7, 11) is 0. The van der Waals surface area contributed by atoms with Crippen LogP contribution in [0.2, 0.25) is 0 Å². The highest BCUT2D eigenvalue weighted by Gasteiger charge is 2.12. The number of imidazole rings is 1. The van der Waals surface area contributed by atoms with Crippen LogP contribution in [0.25, 0.3) is 11.5 Å². The molecule has 0 N–H and O–H groups in total. The predicted molar refractivity (Wildman–Crippen MR) is 94.5 cm³/mol. The van der Waals surface area contributed by atoms with Crippen LogP contribution in [0.5, 0.6) is 11.5 Å². The van der Waals surface area contributed by atoms with Gasteiger partial charge in [0.05, 0.1) is 12.9 Å². The molecule has 0 radical (unpaired) electrons. The lowest BCUT2D eigenvalue weighted by Crippen LogP contribution is -1.98. The molecule has 4 aromatic rings. The van der Waals surface area contributed by atoms with Crippen molar-refractivity contribution in [2.75, 3.05) is 0 Å². The summed E-state index contributed by atoms with van der Waals surface area (Å²) >= 11 is 0. The molecule has 0 saturated heterocycles. The van der Waals surface area contributed by atoms with Crippen LogP contribution < -0.4 is 4.74 Å². The molecule has 2 aromatic carbocycles. The van der Waals surface area contributed by atoms with E-state index in [4.69, 9.17) is 9.15 Å². The van der Waals surface area contributed by atoms with Crippen LogP contribution in [-0.4, -0.2) is 14.5 Å². The maximum absolute atomic E-state index is 5.88. The lowest BCUT2D eigenvalue weighted by molar-refractivity contribution is 0.482. The minimum atomic E-state index is 0.589. The molecule has 0 atom stereocenters. The average molecular weight is 331 g/mol. The average Bonchev–Trinajstić information content (AvgIpc) is 3.27. The summed E-state index contributed by atoms with van der Waals surface area (Å²) in [6, 6.07) is 17.4. The molecule has 0 unspecified atom stereocenters. The summed E-state index contributed by atoms with van der Waals surface area (Å²) < 4.78 is 13.7. The lowest BCUT2D eigenvalue weighted by atomic mass is 10.2. The number of para-hydroxylation sites is 1. The topological polar surface area (TPSA) is 53.1 Å². The van der Waals surface area contributed by atoms with E-state index in [2.05, 4.69) is 9.97 Å². The van der Waals surface area contributed by atoms with Gasteiger partial charge in [-0.15, -0.1) is 0 Å². The minimum absolute atomic E-state index is 0.589. The Kier molecular flexibility index (Phi) is 4.04. The van der Waals surface area contributed by atoms with Gasteiger partial charge in [0.15, 0.2) is 0 Å². The predicted octanol–water partition coefficient (Wildman–Crippen LogP) is 4.69. The van der Waals surface area contributed by atoms with Crippen molar-refractivity contribution < 1.29 is 9.15 Å². The van der Waals surface area contributed by atoms with Gasteiger partial charge in [-0.2, -0.15) is 0 Å². The van der Waals surface area contributed by atoms with E-state index in [0.717, 1.165) is 28.5 Å². The number of ether oxygens (including phenoxy) is 1. The molecule has 25 heavy (non-hydrogen) atoms. The third kappa shape index (κ3) is 3.45. The Morgan fingerprint density at radius 2 is 1.88 bits per heavy atom. The molecule has 0 saturated carbocycles. The van der Waals surface area contributed by atoms with E-state index < -0.39 is 0 Å². The van der Waals surface area contributed by atoms with Crippen molar-refractivity contribution in [2.24, 2.45) is 0 Å².